The molecular formula is C15H15N5O. The molecule has 1 fully saturated rings. The van der Waals surface area contributed by atoms with E-state index in [1.165, 1.54) is 0 Å². The standard InChI is InChI=1S/C15H15N5O/c21-15(13-2-1-12-3-4-16-14(12)7-13)19-8-11(9-19)10-20-6-5-17-18-20/h1-7,11,16H,8-10H2. The van der Waals surface area contributed by atoms with Crippen LogP contribution in [0.5, 0.6) is 0 Å². The van der Waals surface area contributed by atoms with Gasteiger partial charge in [0, 0.05) is 49.0 Å². The number of nitrogens with zero attached hydrogens (tertiary/aromatic N) is 4. The summed E-state index contributed by atoms with van der Waals surface area (Å²) in [6.45, 7) is 2.38. The highest BCUT2D eigenvalue weighted by Crippen LogP contribution is 2.22. The SMILES string of the molecule is O=C(c1ccc2cc[nH]c2c1)N1CC(Cn2ccnn2)C1. The second kappa shape index (κ2) is 4.73. The Morgan fingerprint density at radius 1 is 1.33 bits per heavy atom. The topological polar surface area (TPSA) is 66.8 Å². The fourth-order valence-corrected chi connectivity index (χ4v) is 2.81. The number of aromatic amines is 1. The van der Waals surface area contributed by atoms with Gasteiger partial charge in [0.05, 0.1) is 6.20 Å². The second-order valence-electron chi connectivity index (χ2n) is 5.48. The van der Waals surface area contributed by atoms with E-state index in [0.717, 1.165) is 36.1 Å². The first-order chi connectivity index (χ1) is 10.3. The minimum atomic E-state index is 0.0985. The summed E-state index contributed by atoms with van der Waals surface area (Å²) >= 11 is 0. The molecule has 1 saturated heterocycles. The van der Waals surface area contributed by atoms with Crippen molar-refractivity contribution < 1.29 is 4.79 Å². The van der Waals surface area contributed by atoms with E-state index in [-0.39, 0.29) is 5.91 Å². The van der Waals surface area contributed by atoms with Crippen LogP contribution in [0.3, 0.4) is 0 Å². The van der Waals surface area contributed by atoms with Crippen molar-refractivity contribution in [3.63, 3.8) is 0 Å². The fourth-order valence-electron chi connectivity index (χ4n) is 2.81. The Labute approximate surface area is 121 Å². The zero-order valence-corrected chi connectivity index (χ0v) is 11.4. The number of nitrogens with one attached hydrogen (secondary N) is 1. The number of H-pyrrole nitrogens is 1. The molecule has 106 valence electrons. The summed E-state index contributed by atoms with van der Waals surface area (Å²) in [5.74, 6) is 0.561. The van der Waals surface area contributed by atoms with Crippen LogP contribution in [0.4, 0.5) is 0 Å². The predicted molar refractivity (Wildman–Crippen MR) is 77.7 cm³/mol. The van der Waals surface area contributed by atoms with Crippen LogP contribution in [-0.4, -0.2) is 43.9 Å². The molecule has 1 aromatic carbocycles. The van der Waals surface area contributed by atoms with Crippen LogP contribution in [0.2, 0.25) is 0 Å². The fraction of sp³-hybridized carbons (Fsp3) is 0.267. The first-order valence-corrected chi connectivity index (χ1v) is 7.00. The number of carbonyl (C=O) groups is 1. The van der Waals surface area contributed by atoms with Crippen molar-refractivity contribution in [3.05, 3.63) is 48.4 Å². The van der Waals surface area contributed by atoms with Crippen molar-refractivity contribution >= 4 is 16.8 Å². The lowest BCUT2D eigenvalue weighted by Crippen LogP contribution is -2.51. The number of likely N-dealkylation sites (tertiary alicyclic amines) is 1. The number of aromatic nitrogens is 4. The van der Waals surface area contributed by atoms with E-state index in [1.807, 2.05) is 46.2 Å². The van der Waals surface area contributed by atoms with Gasteiger partial charge in [-0.25, -0.2) is 0 Å². The number of hydrogen-bond acceptors (Lipinski definition) is 3. The Bertz CT molecular complexity index is 770. The molecule has 4 rings (SSSR count). The molecule has 0 atom stereocenters. The maximum absolute atomic E-state index is 12.4. The van der Waals surface area contributed by atoms with Crippen LogP contribution in [0.15, 0.2) is 42.9 Å². The van der Waals surface area contributed by atoms with Gasteiger partial charge in [0.25, 0.3) is 5.91 Å². The third-order valence-electron chi connectivity index (χ3n) is 3.96. The van der Waals surface area contributed by atoms with E-state index in [2.05, 4.69) is 15.3 Å². The van der Waals surface area contributed by atoms with Crippen molar-refractivity contribution in [3.8, 4) is 0 Å². The molecule has 1 aliphatic rings. The molecule has 1 amide bonds. The summed E-state index contributed by atoms with van der Waals surface area (Å²) < 4.78 is 1.82. The summed E-state index contributed by atoms with van der Waals surface area (Å²) in [6, 6.07) is 7.79. The van der Waals surface area contributed by atoms with Crippen molar-refractivity contribution in [2.45, 2.75) is 6.54 Å². The molecule has 0 spiro atoms. The van der Waals surface area contributed by atoms with Gasteiger partial charge in [-0.3, -0.25) is 9.48 Å². The highest BCUT2D eigenvalue weighted by molar-refractivity contribution is 5.98. The number of fused-ring (bicyclic) bond motifs is 1. The molecule has 0 unspecified atom stereocenters. The van der Waals surface area contributed by atoms with Crippen LogP contribution in [0.25, 0.3) is 10.9 Å². The van der Waals surface area contributed by atoms with Gasteiger partial charge in [-0.05, 0) is 23.6 Å². The predicted octanol–water partition coefficient (Wildman–Crippen LogP) is 1.53. The van der Waals surface area contributed by atoms with Crippen LogP contribution < -0.4 is 0 Å². The van der Waals surface area contributed by atoms with Crippen LogP contribution in [-0.2, 0) is 6.54 Å². The lowest BCUT2D eigenvalue weighted by molar-refractivity contribution is 0.0460. The van der Waals surface area contributed by atoms with Gasteiger partial charge in [-0.1, -0.05) is 11.3 Å². The third kappa shape index (κ3) is 2.18. The van der Waals surface area contributed by atoms with Gasteiger partial charge < -0.3 is 9.88 Å². The number of amides is 1. The lowest BCUT2D eigenvalue weighted by atomic mass is 9.98. The summed E-state index contributed by atoms with van der Waals surface area (Å²) in [4.78, 5) is 17.4. The van der Waals surface area contributed by atoms with Gasteiger partial charge in [0.1, 0.15) is 0 Å². The molecule has 1 aliphatic heterocycles. The minimum Gasteiger partial charge on any atom is -0.361 e. The molecule has 3 aromatic rings. The quantitative estimate of drug-likeness (QED) is 0.791. The zero-order chi connectivity index (χ0) is 14.2. The van der Waals surface area contributed by atoms with Crippen LogP contribution in [0.1, 0.15) is 10.4 Å². The van der Waals surface area contributed by atoms with Gasteiger partial charge in [-0.15, -0.1) is 5.10 Å². The Balaban J connectivity index is 1.42. The lowest BCUT2D eigenvalue weighted by Gasteiger charge is -2.39. The number of carbonyl (C=O) groups excluding carboxylic acids is 1. The van der Waals surface area contributed by atoms with E-state index in [9.17, 15) is 4.79 Å². The molecule has 6 nitrogen and oxygen atoms in total. The third-order valence-corrected chi connectivity index (χ3v) is 3.96. The molecular weight excluding hydrogens is 266 g/mol. The van der Waals surface area contributed by atoms with Gasteiger partial charge in [0.15, 0.2) is 0 Å². The van der Waals surface area contributed by atoms with Crippen molar-refractivity contribution in [1.29, 1.82) is 0 Å². The zero-order valence-electron chi connectivity index (χ0n) is 11.4. The van der Waals surface area contributed by atoms with E-state index < -0.39 is 0 Å². The van der Waals surface area contributed by atoms with E-state index in [0.29, 0.717) is 5.92 Å². The first kappa shape index (κ1) is 12.1. The molecule has 1 N–H and O–H groups in total. The molecule has 2 aromatic heterocycles. The summed E-state index contributed by atoms with van der Waals surface area (Å²) in [5.41, 5.74) is 1.74. The number of benzene rings is 1. The summed E-state index contributed by atoms with van der Waals surface area (Å²) in [5, 5.41) is 8.87. The Morgan fingerprint density at radius 3 is 3.05 bits per heavy atom. The monoisotopic (exact) mass is 281 g/mol. The molecule has 21 heavy (non-hydrogen) atoms. The largest absolute Gasteiger partial charge is 0.361 e. The van der Waals surface area contributed by atoms with Crippen molar-refractivity contribution in [2.24, 2.45) is 5.92 Å². The highest BCUT2D eigenvalue weighted by atomic mass is 16.2. The maximum atomic E-state index is 12.4. The van der Waals surface area contributed by atoms with E-state index in [1.54, 1.807) is 6.20 Å². The Hall–Kier alpha value is -2.63. The van der Waals surface area contributed by atoms with E-state index in [4.69, 9.17) is 0 Å². The Kier molecular flexibility index (Phi) is 2.73. The average Bonchev–Trinajstić information content (AvgIpc) is 3.11. The number of hydrogen-bond donors (Lipinski definition) is 1. The van der Waals surface area contributed by atoms with Crippen molar-refractivity contribution in [2.75, 3.05) is 13.1 Å². The average molecular weight is 281 g/mol. The summed E-state index contributed by atoms with van der Waals surface area (Å²) in [7, 11) is 0. The maximum Gasteiger partial charge on any atom is 0.253 e. The van der Waals surface area contributed by atoms with Gasteiger partial charge in [-0.2, -0.15) is 0 Å². The minimum absolute atomic E-state index is 0.0985. The number of rotatable bonds is 3. The molecule has 0 radical (unpaired) electrons. The normalized spacial score (nSPS) is 15.3. The molecule has 3 heterocycles. The second-order valence-corrected chi connectivity index (χ2v) is 5.48. The highest BCUT2D eigenvalue weighted by Gasteiger charge is 2.31. The molecule has 0 bridgehead atoms. The Morgan fingerprint density at radius 2 is 2.24 bits per heavy atom. The smallest absolute Gasteiger partial charge is 0.253 e. The first-order valence-electron chi connectivity index (χ1n) is 7.00. The van der Waals surface area contributed by atoms with Crippen LogP contribution >= 0.6 is 0 Å². The van der Waals surface area contributed by atoms with E-state index >= 15 is 0 Å². The van der Waals surface area contributed by atoms with Gasteiger partial charge >= 0.3 is 0 Å². The van der Waals surface area contributed by atoms with Crippen molar-refractivity contribution in [1.82, 2.24) is 24.9 Å². The van der Waals surface area contributed by atoms with Crippen LogP contribution in [0, 0.1) is 5.92 Å². The molecule has 6 heteroatoms. The summed E-state index contributed by atoms with van der Waals surface area (Å²) in [6.07, 6.45) is 5.41. The molecule has 0 aliphatic carbocycles. The van der Waals surface area contributed by atoms with Gasteiger partial charge in [0.2, 0.25) is 0 Å². The molecule has 0 saturated carbocycles.